The van der Waals surface area contributed by atoms with Gasteiger partial charge >= 0.3 is 0 Å². The van der Waals surface area contributed by atoms with E-state index in [-0.39, 0.29) is 17.4 Å². The van der Waals surface area contributed by atoms with Crippen LogP contribution in [0.15, 0.2) is 18.2 Å². The summed E-state index contributed by atoms with van der Waals surface area (Å²) < 4.78 is 13.9. The first-order valence-corrected chi connectivity index (χ1v) is 9.32. The summed E-state index contributed by atoms with van der Waals surface area (Å²) in [7, 11) is -1.37. The normalized spacial score (nSPS) is 12.4. The average Bonchev–Trinajstić information content (AvgIpc) is 2.92. The van der Waals surface area contributed by atoms with Crippen molar-refractivity contribution in [3.8, 4) is 5.69 Å². The van der Waals surface area contributed by atoms with Gasteiger partial charge in [-0.3, -0.25) is 9.00 Å². The van der Waals surface area contributed by atoms with Crippen LogP contribution in [0.5, 0.6) is 0 Å². The number of nitrogens with one attached hydrogen (secondary N) is 1. The Labute approximate surface area is 144 Å². The van der Waals surface area contributed by atoms with E-state index < -0.39 is 10.8 Å². The molecule has 0 saturated carbocycles. The fourth-order valence-corrected chi connectivity index (χ4v) is 3.28. The van der Waals surface area contributed by atoms with Crippen molar-refractivity contribution in [2.75, 3.05) is 12.3 Å². The van der Waals surface area contributed by atoms with Crippen LogP contribution < -0.4 is 5.32 Å². The highest BCUT2D eigenvalue weighted by Gasteiger charge is 2.17. The van der Waals surface area contributed by atoms with Gasteiger partial charge in [-0.05, 0) is 41.3 Å². The lowest BCUT2D eigenvalue weighted by molar-refractivity contribution is -0.118. The lowest BCUT2D eigenvalue weighted by Gasteiger charge is -2.11. The maximum atomic E-state index is 12.3. The SMILES string of the molecule is Cc1cccc(C)c1-n1nnnc1C[S@@](=O)CC(=O)NCC(C)C. The predicted octanol–water partition coefficient (Wildman–Crippen LogP) is 1.30. The summed E-state index contributed by atoms with van der Waals surface area (Å²) in [6.45, 7) is 8.55. The molecule has 1 heterocycles. The van der Waals surface area contributed by atoms with Gasteiger partial charge in [0.25, 0.3) is 0 Å². The molecule has 130 valence electrons. The fraction of sp³-hybridized carbons (Fsp3) is 0.500. The zero-order valence-corrected chi connectivity index (χ0v) is 15.3. The molecular weight excluding hydrogens is 326 g/mol. The van der Waals surface area contributed by atoms with E-state index in [4.69, 9.17) is 0 Å². The number of rotatable bonds is 7. The van der Waals surface area contributed by atoms with Crippen molar-refractivity contribution in [1.29, 1.82) is 0 Å². The fourth-order valence-electron chi connectivity index (χ4n) is 2.32. The number of carbonyl (C=O) groups is 1. The third-order valence-corrected chi connectivity index (χ3v) is 4.64. The van der Waals surface area contributed by atoms with Crippen LogP contribution in [0, 0.1) is 19.8 Å². The van der Waals surface area contributed by atoms with Crippen molar-refractivity contribution in [1.82, 2.24) is 25.5 Å². The quantitative estimate of drug-likeness (QED) is 0.814. The van der Waals surface area contributed by atoms with Gasteiger partial charge in [0, 0.05) is 17.3 Å². The second kappa shape index (κ2) is 8.14. The van der Waals surface area contributed by atoms with E-state index in [2.05, 4.69) is 20.8 Å². The number of aromatic nitrogens is 4. The summed E-state index contributed by atoms with van der Waals surface area (Å²) >= 11 is 0. The molecule has 0 aliphatic rings. The monoisotopic (exact) mass is 349 g/mol. The lowest BCUT2D eigenvalue weighted by Crippen LogP contribution is -2.31. The molecule has 2 aromatic rings. The maximum Gasteiger partial charge on any atom is 0.232 e. The van der Waals surface area contributed by atoms with Crippen LogP contribution in [0.4, 0.5) is 0 Å². The van der Waals surface area contributed by atoms with Gasteiger partial charge in [-0.15, -0.1) is 5.10 Å². The molecule has 1 amide bonds. The van der Waals surface area contributed by atoms with Crippen molar-refractivity contribution >= 4 is 16.7 Å². The molecule has 0 fully saturated rings. The van der Waals surface area contributed by atoms with Crippen LogP contribution in [0.25, 0.3) is 5.69 Å². The minimum Gasteiger partial charge on any atom is -0.355 e. The van der Waals surface area contributed by atoms with Gasteiger partial charge in [-0.2, -0.15) is 4.68 Å². The Morgan fingerprint density at radius 1 is 1.29 bits per heavy atom. The standard InChI is InChI=1S/C16H23N5O2S/c1-11(2)8-17-15(22)10-24(23)9-14-18-19-20-21(14)16-12(3)6-5-7-13(16)4/h5-7,11H,8-10H2,1-4H3,(H,17,22)/t24-/m1/s1. The second-order valence-electron chi connectivity index (χ2n) is 6.17. The molecule has 1 aromatic carbocycles. The van der Waals surface area contributed by atoms with E-state index in [0.717, 1.165) is 16.8 Å². The van der Waals surface area contributed by atoms with Crippen LogP contribution in [0.3, 0.4) is 0 Å². The highest BCUT2D eigenvalue weighted by Crippen LogP contribution is 2.19. The smallest absolute Gasteiger partial charge is 0.232 e. The third-order valence-electron chi connectivity index (χ3n) is 3.48. The molecule has 0 spiro atoms. The summed E-state index contributed by atoms with van der Waals surface area (Å²) in [5, 5.41) is 14.5. The number of hydrogen-bond acceptors (Lipinski definition) is 5. The van der Waals surface area contributed by atoms with Crippen molar-refractivity contribution in [2.24, 2.45) is 5.92 Å². The van der Waals surface area contributed by atoms with Crippen molar-refractivity contribution in [3.63, 3.8) is 0 Å². The first-order chi connectivity index (χ1) is 11.4. The maximum absolute atomic E-state index is 12.3. The summed E-state index contributed by atoms with van der Waals surface area (Å²) in [5.74, 6) is 0.719. The summed E-state index contributed by atoms with van der Waals surface area (Å²) in [6, 6.07) is 5.92. The molecule has 8 heteroatoms. The molecule has 0 aliphatic heterocycles. The molecule has 7 nitrogen and oxygen atoms in total. The van der Waals surface area contributed by atoms with Gasteiger partial charge in [0.05, 0.1) is 11.4 Å². The van der Waals surface area contributed by atoms with Crippen LogP contribution in [0.2, 0.25) is 0 Å². The van der Waals surface area contributed by atoms with Crippen LogP contribution in [-0.2, 0) is 21.3 Å². The van der Waals surface area contributed by atoms with Crippen molar-refractivity contribution in [3.05, 3.63) is 35.2 Å². The number of hydrogen-bond donors (Lipinski definition) is 1. The van der Waals surface area contributed by atoms with Gasteiger partial charge in [-0.25, -0.2) is 0 Å². The number of carbonyl (C=O) groups excluding carboxylic acids is 1. The molecule has 0 aliphatic carbocycles. The number of aryl methyl sites for hydroxylation is 2. The molecule has 0 bridgehead atoms. The van der Waals surface area contributed by atoms with Crippen LogP contribution in [-0.4, -0.2) is 42.6 Å². The highest BCUT2D eigenvalue weighted by atomic mass is 32.2. The lowest BCUT2D eigenvalue weighted by atomic mass is 10.1. The van der Waals surface area contributed by atoms with Gasteiger partial charge in [-0.1, -0.05) is 32.0 Å². The third kappa shape index (κ3) is 4.70. The average molecular weight is 349 g/mol. The molecule has 24 heavy (non-hydrogen) atoms. The first-order valence-electron chi connectivity index (χ1n) is 7.84. The number of benzene rings is 1. The summed E-state index contributed by atoms with van der Waals surface area (Å²) in [5.41, 5.74) is 2.95. The van der Waals surface area contributed by atoms with E-state index in [1.807, 2.05) is 45.9 Å². The van der Waals surface area contributed by atoms with E-state index in [9.17, 15) is 9.00 Å². The molecule has 1 atom stereocenters. The second-order valence-corrected chi connectivity index (χ2v) is 7.63. The van der Waals surface area contributed by atoms with E-state index in [1.54, 1.807) is 4.68 Å². The number of amides is 1. The van der Waals surface area contributed by atoms with E-state index in [0.29, 0.717) is 18.3 Å². The minimum absolute atomic E-state index is 0.0493. The Bertz CT molecular complexity index is 722. The van der Waals surface area contributed by atoms with Gasteiger partial charge in [0.2, 0.25) is 5.91 Å². The Kier molecular flexibility index (Phi) is 6.19. The molecule has 0 unspecified atom stereocenters. The van der Waals surface area contributed by atoms with Gasteiger partial charge in [0.1, 0.15) is 5.75 Å². The Morgan fingerprint density at radius 2 is 1.96 bits per heavy atom. The van der Waals surface area contributed by atoms with Gasteiger partial charge in [0.15, 0.2) is 5.82 Å². The summed E-state index contributed by atoms with van der Waals surface area (Å²) in [4.78, 5) is 11.8. The Morgan fingerprint density at radius 3 is 2.58 bits per heavy atom. The number of tetrazole rings is 1. The zero-order valence-electron chi connectivity index (χ0n) is 14.4. The molecule has 1 aromatic heterocycles. The molecule has 1 N–H and O–H groups in total. The largest absolute Gasteiger partial charge is 0.355 e. The van der Waals surface area contributed by atoms with Crippen molar-refractivity contribution in [2.45, 2.75) is 33.4 Å². The molecular formula is C16H23N5O2S. The predicted molar refractivity (Wildman–Crippen MR) is 93.2 cm³/mol. The van der Waals surface area contributed by atoms with Crippen molar-refractivity contribution < 1.29 is 9.00 Å². The highest BCUT2D eigenvalue weighted by molar-refractivity contribution is 7.84. The minimum atomic E-state index is -1.37. The zero-order chi connectivity index (χ0) is 17.7. The topological polar surface area (TPSA) is 89.8 Å². The molecule has 0 radical (unpaired) electrons. The Hall–Kier alpha value is -2.09. The van der Waals surface area contributed by atoms with Gasteiger partial charge < -0.3 is 5.32 Å². The number of nitrogens with zero attached hydrogens (tertiary/aromatic N) is 4. The molecule has 2 rings (SSSR count). The van der Waals surface area contributed by atoms with E-state index in [1.165, 1.54) is 0 Å². The summed E-state index contributed by atoms with van der Waals surface area (Å²) in [6.07, 6.45) is 0. The van der Waals surface area contributed by atoms with Crippen LogP contribution >= 0.6 is 0 Å². The first kappa shape index (κ1) is 18.3. The number of para-hydroxylation sites is 1. The Balaban J connectivity index is 2.08. The van der Waals surface area contributed by atoms with E-state index >= 15 is 0 Å². The molecule has 0 saturated heterocycles. The van der Waals surface area contributed by atoms with Crippen LogP contribution in [0.1, 0.15) is 30.8 Å².